The summed E-state index contributed by atoms with van der Waals surface area (Å²) in [5.74, 6) is 4.65. The Bertz CT molecular complexity index is 1720. The van der Waals surface area contributed by atoms with Crippen LogP contribution < -0.4 is 10.6 Å². The van der Waals surface area contributed by atoms with E-state index in [1.807, 2.05) is 0 Å². The predicted molar refractivity (Wildman–Crippen MR) is 140 cm³/mol. The molecule has 0 fully saturated rings. The van der Waals surface area contributed by atoms with E-state index in [-0.39, 0.29) is 41.3 Å². The number of nitriles is 1. The van der Waals surface area contributed by atoms with Gasteiger partial charge in [0.15, 0.2) is 11.5 Å². The molecule has 4 aromatic rings. The second-order valence-corrected chi connectivity index (χ2v) is 8.92. The zero-order chi connectivity index (χ0) is 29.7. The lowest BCUT2D eigenvalue weighted by Gasteiger charge is -2.12. The number of rotatable bonds is 6. The van der Waals surface area contributed by atoms with Crippen LogP contribution in [0.5, 0.6) is 0 Å². The second-order valence-electron chi connectivity index (χ2n) is 8.92. The number of nitrogens with one attached hydrogen (secondary N) is 2. The van der Waals surface area contributed by atoms with Crippen LogP contribution >= 0.6 is 0 Å². The largest absolute Gasteiger partial charge is 0.433 e. The molecule has 0 aliphatic carbocycles. The van der Waals surface area contributed by atoms with Gasteiger partial charge in [-0.2, -0.15) is 18.4 Å². The number of hydrogen-bond donors (Lipinski definition) is 2. The number of amides is 2. The number of carbonyl (C=O) groups excluding carboxylic acids is 2. The Labute approximate surface area is 231 Å². The third-order valence-electron chi connectivity index (χ3n) is 5.36. The Morgan fingerprint density at radius 3 is 2.59 bits per heavy atom. The van der Waals surface area contributed by atoms with Gasteiger partial charge in [-0.1, -0.05) is 12.0 Å². The second kappa shape index (κ2) is 11.7. The molecule has 2 N–H and O–H groups in total. The van der Waals surface area contributed by atoms with Crippen LogP contribution in [0.4, 0.5) is 24.9 Å². The van der Waals surface area contributed by atoms with Crippen molar-refractivity contribution < 1.29 is 27.2 Å². The molecule has 0 aliphatic rings. The van der Waals surface area contributed by atoms with Gasteiger partial charge in [0.05, 0.1) is 18.4 Å². The summed E-state index contributed by atoms with van der Waals surface area (Å²) >= 11 is 0. The highest BCUT2D eigenvalue weighted by atomic mass is 19.4. The average Bonchev–Trinajstić information content (AvgIpc) is 3.57. The molecule has 0 unspecified atom stereocenters. The summed E-state index contributed by atoms with van der Waals surface area (Å²) in [6.07, 6.45) is -1.09. The van der Waals surface area contributed by atoms with Gasteiger partial charge in [0.2, 0.25) is 5.91 Å². The van der Waals surface area contributed by atoms with Crippen LogP contribution in [0.25, 0.3) is 5.69 Å². The van der Waals surface area contributed by atoms with E-state index in [1.54, 1.807) is 50.2 Å². The van der Waals surface area contributed by atoms with Gasteiger partial charge < -0.3 is 19.2 Å². The monoisotopic (exact) mass is 562 g/mol. The highest BCUT2D eigenvalue weighted by Gasteiger charge is 2.34. The van der Waals surface area contributed by atoms with Crippen LogP contribution in [0.1, 0.15) is 38.8 Å². The molecule has 4 rings (SSSR count). The average molecular weight is 563 g/mol. The van der Waals surface area contributed by atoms with Crippen LogP contribution in [0.3, 0.4) is 0 Å². The lowest BCUT2D eigenvalue weighted by Crippen LogP contribution is -2.27. The van der Waals surface area contributed by atoms with Crippen molar-refractivity contribution >= 4 is 23.5 Å². The number of imidazole rings is 1. The molecule has 41 heavy (non-hydrogen) atoms. The number of hydrogen-bond acceptors (Lipinski definition) is 8. The van der Waals surface area contributed by atoms with Crippen molar-refractivity contribution in [2.24, 2.45) is 0 Å². The number of likely N-dealkylation sites (N-methyl/N-ethyl adjacent to an activating group) is 1. The van der Waals surface area contributed by atoms with Crippen LogP contribution in [-0.4, -0.2) is 56.9 Å². The molecule has 2 amide bonds. The number of oxazole rings is 1. The number of halogens is 3. The van der Waals surface area contributed by atoms with Crippen LogP contribution in [0.15, 0.2) is 53.5 Å². The van der Waals surface area contributed by atoms with Gasteiger partial charge in [-0.25, -0.2) is 15.0 Å². The Kier molecular flexibility index (Phi) is 8.16. The maximum absolute atomic E-state index is 13.5. The molecule has 208 valence electrons. The van der Waals surface area contributed by atoms with E-state index in [9.17, 15) is 22.8 Å². The molecule has 1 aromatic carbocycles. The van der Waals surface area contributed by atoms with Crippen molar-refractivity contribution in [3.8, 4) is 23.6 Å². The van der Waals surface area contributed by atoms with Gasteiger partial charge in [-0.15, -0.1) is 0 Å². The fourth-order valence-electron chi connectivity index (χ4n) is 3.44. The van der Waals surface area contributed by atoms with Gasteiger partial charge in [-0.05, 0) is 56.8 Å². The van der Waals surface area contributed by atoms with E-state index in [4.69, 9.17) is 9.68 Å². The first kappa shape index (κ1) is 28.5. The zero-order valence-corrected chi connectivity index (χ0v) is 21.9. The van der Waals surface area contributed by atoms with Crippen molar-refractivity contribution in [2.45, 2.75) is 13.1 Å². The molecule has 0 saturated heterocycles. The Morgan fingerprint density at radius 1 is 1.12 bits per heavy atom. The van der Waals surface area contributed by atoms with Crippen LogP contribution in [-0.2, 0) is 11.0 Å². The number of benzene rings is 1. The van der Waals surface area contributed by atoms with Crippen molar-refractivity contribution in [1.29, 1.82) is 5.26 Å². The predicted octanol–water partition coefficient (Wildman–Crippen LogP) is 3.61. The summed E-state index contributed by atoms with van der Waals surface area (Å²) in [5, 5.41) is 14.0. The number of nitrogens with zero attached hydrogens (tertiary/aromatic N) is 6. The fraction of sp³-hybridized carbons (Fsp3) is 0.185. The van der Waals surface area contributed by atoms with Crippen molar-refractivity contribution in [3.05, 3.63) is 83.0 Å². The number of alkyl halides is 3. The summed E-state index contributed by atoms with van der Waals surface area (Å²) in [5.41, 5.74) is -0.335. The molecule has 3 heterocycles. The summed E-state index contributed by atoms with van der Waals surface area (Å²) in [6, 6.07) is 8.47. The first-order valence-corrected chi connectivity index (χ1v) is 11.8. The molecule has 0 radical (unpaired) electrons. The fourth-order valence-corrected chi connectivity index (χ4v) is 3.44. The lowest BCUT2D eigenvalue weighted by atomic mass is 10.1. The third-order valence-corrected chi connectivity index (χ3v) is 5.36. The minimum absolute atomic E-state index is 0.00798. The van der Waals surface area contributed by atoms with Crippen molar-refractivity contribution in [2.75, 3.05) is 31.3 Å². The maximum Gasteiger partial charge on any atom is 0.433 e. The molecule has 0 bridgehead atoms. The molecular formula is C27H21F3N8O3. The van der Waals surface area contributed by atoms with Gasteiger partial charge in [0.1, 0.15) is 23.8 Å². The Balaban J connectivity index is 1.55. The number of carbonyl (C=O) groups is 2. The molecular weight excluding hydrogens is 541 g/mol. The van der Waals surface area contributed by atoms with Crippen molar-refractivity contribution in [3.63, 3.8) is 0 Å². The number of pyridine rings is 1. The molecule has 0 aliphatic heterocycles. The molecule has 3 aromatic heterocycles. The van der Waals surface area contributed by atoms with E-state index in [0.29, 0.717) is 5.56 Å². The molecule has 0 saturated carbocycles. The Morgan fingerprint density at radius 2 is 1.90 bits per heavy atom. The molecule has 0 spiro atoms. The maximum atomic E-state index is 13.5. The quantitative estimate of drug-likeness (QED) is 0.340. The highest BCUT2D eigenvalue weighted by molar-refractivity contribution is 6.03. The summed E-state index contributed by atoms with van der Waals surface area (Å²) in [4.78, 5) is 37.7. The van der Waals surface area contributed by atoms with Gasteiger partial charge in [0, 0.05) is 17.4 Å². The molecule has 0 atom stereocenters. The van der Waals surface area contributed by atoms with Crippen molar-refractivity contribution in [1.82, 2.24) is 24.4 Å². The van der Waals surface area contributed by atoms with E-state index in [0.717, 1.165) is 24.0 Å². The first-order valence-electron chi connectivity index (χ1n) is 11.8. The highest BCUT2D eigenvalue weighted by Crippen LogP contribution is 2.30. The molecule has 14 heteroatoms. The van der Waals surface area contributed by atoms with Crippen LogP contribution in [0.2, 0.25) is 0 Å². The standard InChI is InChI=1S/C27H21F3N8O3/c1-16-4-6-18(8-17(16)5-7-21-12-32-26(41-21)36-24(39)14-37(2)3)34-25(40)22-9-20(10-23(35-22)27(28,29)30)38-13-19(11-31)33-15-38/h4,6,8-10,12-13,15H,14H2,1-3H3,(H,34,40)(H,32,36,39). The minimum atomic E-state index is -4.83. The number of aryl methyl sites for hydroxylation is 1. The Hall–Kier alpha value is -5.47. The SMILES string of the molecule is Cc1ccc(NC(=O)c2cc(-n3cnc(C#N)c3)cc(C(F)(F)F)n2)cc1C#Cc1cnc(NC(=O)CN(C)C)o1. The van der Waals surface area contributed by atoms with Gasteiger partial charge in [-0.3, -0.25) is 14.9 Å². The first-order chi connectivity index (χ1) is 19.4. The summed E-state index contributed by atoms with van der Waals surface area (Å²) in [6.45, 7) is 1.92. The van der Waals surface area contributed by atoms with E-state index < -0.39 is 23.5 Å². The van der Waals surface area contributed by atoms with E-state index in [1.165, 1.54) is 17.0 Å². The lowest BCUT2D eigenvalue weighted by molar-refractivity contribution is -0.141. The third kappa shape index (κ3) is 7.35. The number of anilines is 2. The van der Waals surface area contributed by atoms with Gasteiger partial charge >= 0.3 is 12.2 Å². The summed E-state index contributed by atoms with van der Waals surface area (Å²) < 4.78 is 47.2. The van der Waals surface area contributed by atoms with Gasteiger partial charge in [0.25, 0.3) is 5.91 Å². The number of aromatic nitrogens is 4. The van der Waals surface area contributed by atoms with Crippen LogP contribution in [0, 0.1) is 30.1 Å². The topological polar surface area (TPSA) is 142 Å². The molecule has 11 nitrogen and oxygen atoms in total. The summed E-state index contributed by atoms with van der Waals surface area (Å²) in [7, 11) is 3.48. The zero-order valence-electron chi connectivity index (χ0n) is 21.9. The van der Waals surface area contributed by atoms with E-state index in [2.05, 4.69) is 37.4 Å². The normalized spacial score (nSPS) is 11.0. The minimum Gasteiger partial charge on any atom is -0.415 e. The smallest absolute Gasteiger partial charge is 0.415 e. The van der Waals surface area contributed by atoms with E-state index >= 15 is 0 Å².